The highest BCUT2D eigenvalue weighted by Crippen LogP contribution is 2.32. The zero-order valence-electron chi connectivity index (χ0n) is 9.86. The van der Waals surface area contributed by atoms with Crippen LogP contribution in [0.4, 0.5) is 0 Å². The van der Waals surface area contributed by atoms with Gasteiger partial charge in [0, 0.05) is 12.2 Å². The van der Waals surface area contributed by atoms with Crippen molar-refractivity contribution in [1.82, 2.24) is 0 Å². The molecule has 3 nitrogen and oxygen atoms in total. The second-order valence-corrected chi connectivity index (χ2v) is 4.64. The Morgan fingerprint density at radius 1 is 1.47 bits per heavy atom. The quantitative estimate of drug-likeness (QED) is 0.904. The number of hydrogen-bond donors (Lipinski definition) is 1. The van der Waals surface area contributed by atoms with Crippen molar-refractivity contribution in [3.63, 3.8) is 0 Å². The summed E-state index contributed by atoms with van der Waals surface area (Å²) in [5.74, 6) is 0.690. The predicted octanol–water partition coefficient (Wildman–Crippen LogP) is 2.95. The smallest absolute Gasteiger partial charge is 0.120 e. The molecule has 1 N–H and O–H groups in total. The molecule has 0 aliphatic carbocycles. The Morgan fingerprint density at radius 3 is 2.88 bits per heavy atom. The van der Waals surface area contributed by atoms with Crippen molar-refractivity contribution < 1.29 is 14.6 Å². The van der Waals surface area contributed by atoms with Gasteiger partial charge in [0.2, 0.25) is 0 Å². The van der Waals surface area contributed by atoms with Crippen molar-refractivity contribution in [3.05, 3.63) is 28.8 Å². The monoisotopic (exact) mass is 256 g/mol. The Bertz CT molecular complexity index is 375. The summed E-state index contributed by atoms with van der Waals surface area (Å²) in [6.07, 6.45) is 2.24. The molecule has 1 aromatic rings. The van der Waals surface area contributed by atoms with Crippen LogP contribution in [-0.2, 0) is 4.74 Å². The fourth-order valence-electron chi connectivity index (χ4n) is 2.09. The Balaban J connectivity index is 2.15. The van der Waals surface area contributed by atoms with E-state index in [1.54, 1.807) is 25.3 Å². The highest BCUT2D eigenvalue weighted by molar-refractivity contribution is 6.31. The number of benzene rings is 1. The summed E-state index contributed by atoms with van der Waals surface area (Å²) in [7, 11) is 1.59. The van der Waals surface area contributed by atoms with E-state index in [4.69, 9.17) is 21.1 Å². The maximum Gasteiger partial charge on any atom is 0.120 e. The van der Waals surface area contributed by atoms with Gasteiger partial charge in [-0.1, -0.05) is 17.7 Å². The lowest BCUT2D eigenvalue weighted by atomic mass is 9.98. The second-order valence-electron chi connectivity index (χ2n) is 4.24. The first-order chi connectivity index (χ1) is 8.22. The molecule has 0 radical (unpaired) electrons. The Hall–Kier alpha value is -0.770. The highest BCUT2D eigenvalue weighted by atomic mass is 35.5. The van der Waals surface area contributed by atoms with Crippen LogP contribution in [0.15, 0.2) is 18.2 Å². The topological polar surface area (TPSA) is 38.7 Å². The molecule has 1 heterocycles. The summed E-state index contributed by atoms with van der Waals surface area (Å²) in [6.45, 7) is 0.718. The van der Waals surface area contributed by atoms with E-state index in [0.29, 0.717) is 16.3 Å². The molecular formula is C13H17ClO3. The van der Waals surface area contributed by atoms with Crippen LogP contribution in [0.25, 0.3) is 0 Å². The molecule has 4 heteroatoms. The maximum absolute atomic E-state index is 10.2. The third-order valence-electron chi connectivity index (χ3n) is 3.09. The van der Waals surface area contributed by atoms with Crippen LogP contribution >= 0.6 is 11.6 Å². The third kappa shape index (κ3) is 2.92. The van der Waals surface area contributed by atoms with E-state index >= 15 is 0 Å². The zero-order chi connectivity index (χ0) is 12.3. The first-order valence-corrected chi connectivity index (χ1v) is 6.23. The number of methoxy groups -OCH3 is 1. The predicted molar refractivity (Wildman–Crippen MR) is 66.6 cm³/mol. The van der Waals surface area contributed by atoms with Crippen LogP contribution in [0, 0.1) is 0 Å². The molecule has 1 saturated heterocycles. The number of aliphatic hydroxyl groups excluding tert-OH is 1. The molecule has 0 spiro atoms. The van der Waals surface area contributed by atoms with Gasteiger partial charge in [0.1, 0.15) is 11.9 Å². The zero-order valence-corrected chi connectivity index (χ0v) is 10.6. The number of rotatable bonds is 3. The van der Waals surface area contributed by atoms with Gasteiger partial charge in [-0.05, 0) is 31.4 Å². The molecule has 1 aromatic carbocycles. The maximum atomic E-state index is 10.2. The average Bonchev–Trinajstić information content (AvgIpc) is 2.39. The lowest BCUT2D eigenvalue weighted by Crippen LogP contribution is -2.26. The summed E-state index contributed by atoms with van der Waals surface area (Å²) >= 11 is 6.13. The van der Waals surface area contributed by atoms with Crippen LogP contribution in [0.5, 0.6) is 5.75 Å². The molecule has 2 rings (SSSR count). The van der Waals surface area contributed by atoms with Gasteiger partial charge in [-0.3, -0.25) is 0 Å². The SMILES string of the molecule is COc1ccc(C(O)C2CCCCO2)c(Cl)c1. The molecule has 1 aliphatic heterocycles. The first-order valence-electron chi connectivity index (χ1n) is 5.85. The fourth-order valence-corrected chi connectivity index (χ4v) is 2.37. The van der Waals surface area contributed by atoms with Crippen molar-refractivity contribution in [2.24, 2.45) is 0 Å². The molecule has 1 aliphatic rings. The van der Waals surface area contributed by atoms with E-state index in [0.717, 1.165) is 25.9 Å². The second kappa shape index (κ2) is 5.71. The highest BCUT2D eigenvalue weighted by Gasteiger charge is 2.25. The summed E-state index contributed by atoms with van der Waals surface area (Å²) in [5.41, 5.74) is 0.708. The standard InChI is InChI=1S/C13H17ClO3/c1-16-9-5-6-10(11(14)8-9)13(15)12-4-2-3-7-17-12/h5-6,8,12-13,15H,2-4,7H2,1H3. The minimum Gasteiger partial charge on any atom is -0.497 e. The molecule has 1 fully saturated rings. The molecule has 2 atom stereocenters. The molecule has 0 bridgehead atoms. The Labute approximate surface area is 106 Å². The molecule has 0 saturated carbocycles. The summed E-state index contributed by atoms with van der Waals surface area (Å²) < 4.78 is 10.6. The summed E-state index contributed by atoms with van der Waals surface area (Å²) in [5, 5.41) is 10.8. The first kappa shape index (κ1) is 12.7. The molecule has 0 amide bonds. The van der Waals surface area contributed by atoms with E-state index in [1.165, 1.54) is 0 Å². The van der Waals surface area contributed by atoms with Crippen LogP contribution in [0.3, 0.4) is 0 Å². The van der Waals surface area contributed by atoms with Gasteiger partial charge in [0.25, 0.3) is 0 Å². The van der Waals surface area contributed by atoms with E-state index < -0.39 is 6.10 Å². The van der Waals surface area contributed by atoms with Gasteiger partial charge < -0.3 is 14.6 Å². The summed E-state index contributed by atoms with van der Waals surface area (Å²) in [6, 6.07) is 5.31. The average molecular weight is 257 g/mol. The Morgan fingerprint density at radius 2 is 2.29 bits per heavy atom. The van der Waals surface area contributed by atoms with Gasteiger partial charge in [-0.15, -0.1) is 0 Å². The number of halogens is 1. The van der Waals surface area contributed by atoms with Crippen LogP contribution in [0.1, 0.15) is 30.9 Å². The molecule has 17 heavy (non-hydrogen) atoms. The summed E-state index contributed by atoms with van der Waals surface area (Å²) in [4.78, 5) is 0. The number of aliphatic hydroxyl groups is 1. The van der Waals surface area contributed by atoms with Crippen molar-refractivity contribution >= 4 is 11.6 Å². The van der Waals surface area contributed by atoms with E-state index in [-0.39, 0.29) is 6.10 Å². The van der Waals surface area contributed by atoms with Gasteiger partial charge >= 0.3 is 0 Å². The molecular weight excluding hydrogens is 240 g/mol. The van der Waals surface area contributed by atoms with Crippen LogP contribution < -0.4 is 4.74 Å². The van der Waals surface area contributed by atoms with Gasteiger partial charge in [-0.2, -0.15) is 0 Å². The number of ether oxygens (including phenoxy) is 2. The Kier molecular flexibility index (Phi) is 4.26. The van der Waals surface area contributed by atoms with Crippen LogP contribution in [0.2, 0.25) is 5.02 Å². The molecule has 0 aromatic heterocycles. The van der Waals surface area contributed by atoms with Gasteiger partial charge in [0.05, 0.1) is 18.2 Å². The lowest BCUT2D eigenvalue weighted by Gasteiger charge is -2.27. The minimum atomic E-state index is -0.659. The largest absolute Gasteiger partial charge is 0.497 e. The minimum absolute atomic E-state index is 0.144. The van der Waals surface area contributed by atoms with Crippen molar-refractivity contribution in [2.45, 2.75) is 31.5 Å². The van der Waals surface area contributed by atoms with E-state index in [1.807, 2.05) is 0 Å². The molecule has 94 valence electrons. The van der Waals surface area contributed by atoms with E-state index in [9.17, 15) is 5.11 Å². The normalized spacial score (nSPS) is 22.2. The van der Waals surface area contributed by atoms with Crippen molar-refractivity contribution in [2.75, 3.05) is 13.7 Å². The lowest BCUT2D eigenvalue weighted by molar-refractivity contribution is -0.0633. The molecule has 2 unspecified atom stereocenters. The van der Waals surface area contributed by atoms with Crippen LogP contribution in [-0.4, -0.2) is 24.9 Å². The van der Waals surface area contributed by atoms with Gasteiger partial charge in [0.15, 0.2) is 0 Å². The van der Waals surface area contributed by atoms with Gasteiger partial charge in [-0.25, -0.2) is 0 Å². The third-order valence-corrected chi connectivity index (χ3v) is 3.42. The fraction of sp³-hybridized carbons (Fsp3) is 0.538. The number of hydrogen-bond acceptors (Lipinski definition) is 3. The van der Waals surface area contributed by atoms with Crippen molar-refractivity contribution in [3.8, 4) is 5.75 Å². The van der Waals surface area contributed by atoms with Crippen molar-refractivity contribution in [1.29, 1.82) is 0 Å². The van der Waals surface area contributed by atoms with E-state index in [2.05, 4.69) is 0 Å².